The molecule has 2 aromatic rings. The van der Waals surface area contributed by atoms with E-state index in [9.17, 15) is 14.4 Å². The maximum absolute atomic E-state index is 13.1. The van der Waals surface area contributed by atoms with Gasteiger partial charge in [-0.1, -0.05) is 48.0 Å². The fourth-order valence-corrected chi connectivity index (χ4v) is 4.87. The lowest BCUT2D eigenvalue weighted by atomic mass is 10.0. The number of carbonyl (C=O) groups excluding carboxylic acids is 3. The van der Waals surface area contributed by atoms with Crippen LogP contribution < -0.4 is 5.32 Å². The molecule has 1 atom stereocenters. The van der Waals surface area contributed by atoms with Crippen molar-refractivity contribution in [3.8, 4) is 0 Å². The number of amides is 4. The number of aliphatic imine (C=N–C) groups is 3. The number of carbonyl (C=O) groups is 3. The van der Waals surface area contributed by atoms with Crippen LogP contribution in [-0.4, -0.2) is 84.3 Å². The summed E-state index contributed by atoms with van der Waals surface area (Å²) in [6.45, 7) is 3.37. The zero-order valence-corrected chi connectivity index (χ0v) is 23.2. The second kappa shape index (κ2) is 14.4. The molecule has 10 nitrogen and oxygen atoms in total. The van der Waals surface area contributed by atoms with Crippen LogP contribution in [0.25, 0.3) is 0 Å². The summed E-state index contributed by atoms with van der Waals surface area (Å²) < 4.78 is 5.68. The fraction of sp³-hybridized carbons (Fsp3) is 0.355. The van der Waals surface area contributed by atoms with Crippen LogP contribution >= 0.6 is 0 Å². The van der Waals surface area contributed by atoms with Gasteiger partial charge in [-0.2, -0.15) is 9.98 Å². The quantitative estimate of drug-likeness (QED) is 0.431. The molecule has 0 bridgehead atoms. The Morgan fingerprint density at radius 1 is 1.10 bits per heavy atom. The zero-order valence-electron chi connectivity index (χ0n) is 23.2. The van der Waals surface area contributed by atoms with Crippen molar-refractivity contribution in [1.29, 1.82) is 0 Å². The van der Waals surface area contributed by atoms with Crippen LogP contribution in [0.4, 0.5) is 15.3 Å². The zero-order chi connectivity index (χ0) is 29.0. The van der Waals surface area contributed by atoms with E-state index in [2.05, 4.69) is 43.6 Å². The van der Waals surface area contributed by atoms with E-state index in [1.54, 1.807) is 11.9 Å². The second-order valence-corrected chi connectivity index (χ2v) is 9.73. The van der Waals surface area contributed by atoms with E-state index in [0.29, 0.717) is 32.5 Å². The molecular formula is C31H32N6O4. The van der Waals surface area contributed by atoms with Gasteiger partial charge in [0.15, 0.2) is 6.10 Å². The van der Waals surface area contributed by atoms with Crippen LogP contribution in [-0.2, 0) is 22.4 Å². The van der Waals surface area contributed by atoms with Crippen molar-refractivity contribution in [1.82, 2.24) is 9.80 Å². The number of hydrogen-bond donors (Lipinski definition) is 1. The SMILES string of the molecule is CN=C=C=CN=C=C=NC(=O)[C@@H](Cc1cccc(C)c1)OC(=O)N1CCC(N2CCc3ccccc3NC2=O)CC1. The van der Waals surface area contributed by atoms with Gasteiger partial charge in [-0.25, -0.2) is 14.6 Å². The topological polar surface area (TPSA) is 116 Å². The summed E-state index contributed by atoms with van der Waals surface area (Å²) in [4.78, 5) is 53.4. The number of likely N-dealkylation sites (tertiary alicyclic amines) is 1. The van der Waals surface area contributed by atoms with Gasteiger partial charge in [-0.15, -0.1) is 0 Å². The Morgan fingerprint density at radius 3 is 2.68 bits per heavy atom. The molecule has 0 radical (unpaired) electrons. The number of rotatable bonds is 6. The van der Waals surface area contributed by atoms with Gasteiger partial charge < -0.3 is 19.9 Å². The minimum atomic E-state index is -1.14. The Morgan fingerprint density at radius 2 is 1.90 bits per heavy atom. The van der Waals surface area contributed by atoms with Crippen LogP contribution in [0, 0.1) is 6.92 Å². The molecule has 1 N–H and O–H groups in total. The molecule has 210 valence electrons. The highest BCUT2D eigenvalue weighted by molar-refractivity contribution is 5.97. The number of benzene rings is 2. The number of anilines is 1. The molecule has 1 saturated heterocycles. The van der Waals surface area contributed by atoms with Gasteiger partial charge in [0.25, 0.3) is 5.91 Å². The first-order valence-electron chi connectivity index (χ1n) is 13.5. The number of aryl methyl sites for hydroxylation is 1. The van der Waals surface area contributed by atoms with Crippen molar-refractivity contribution >= 4 is 41.3 Å². The van der Waals surface area contributed by atoms with E-state index >= 15 is 0 Å². The van der Waals surface area contributed by atoms with E-state index in [1.807, 2.05) is 60.4 Å². The minimum Gasteiger partial charge on any atom is -0.435 e. The smallest absolute Gasteiger partial charge is 0.410 e. The van der Waals surface area contributed by atoms with E-state index in [-0.39, 0.29) is 18.5 Å². The van der Waals surface area contributed by atoms with Crippen LogP contribution in [0.15, 0.2) is 75.4 Å². The molecule has 0 unspecified atom stereocenters. The summed E-state index contributed by atoms with van der Waals surface area (Å²) in [7, 11) is 1.55. The van der Waals surface area contributed by atoms with Gasteiger partial charge in [0.1, 0.15) is 0 Å². The van der Waals surface area contributed by atoms with E-state index in [1.165, 1.54) is 6.20 Å². The Labute approximate surface area is 239 Å². The summed E-state index contributed by atoms with van der Waals surface area (Å²) in [5.74, 6) is 6.48. The van der Waals surface area contributed by atoms with Crippen LogP contribution in [0.5, 0.6) is 0 Å². The summed E-state index contributed by atoms with van der Waals surface area (Å²) in [6.07, 6.45) is 1.65. The van der Waals surface area contributed by atoms with Gasteiger partial charge in [-0.05, 0) is 49.1 Å². The largest absolute Gasteiger partial charge is 0.435 e. The molecule has 1 fully saturated rings. The number of urea groups is 1. The van der Waals surface area contributed by atoms with Crippen molar-refractivity contribution in [3.05, 3.63) is 77.2 Å². The average Bonchev–Trinajstić information content (AvgIpc) is 3.14. The summed E-state index contributed by atoms with van der Waals surface area (Å²) in [5, 5.41) is 3.01. The fourth-order valence-electron chi connectivity index (χ4n) is 4.87. The number of nitrogens with zero attached hydrogens (tertiary/aromatic N) is 5. The molecule has 0 spiro atoms. The van der Waals surface area contributed by atoms with Crippen LogP contribution in [0.1, 0.15) is 29.5 Å². The maximum Gasteiger partial charge on any atom is 0.410 e. The molecule has 0 aliphatic carbocycles. The number of nitrogens with one attached hydrogen (secondary N) is 1. The van der Waals surface area contributed by atoms with Gasteiger partial charge in [-0.3, -0.25) is 4.79 Å². The van der Waals surface area contributed by atoms with E-state index in [4.69, 9.17) is 4.74 Å². The second-order valence-electron chi connectivity index (χ2n) is 9.73. The Kier molecular flexibility index (Phi) is 10.2. The van der Waals surface area contributed by atoms with Crippen molar-refractivity contribution in [3.63, 3.8) is 0 Å². The minimum absolute atomic E-state index is 0.000368. The normalized spacial score (nSPS) is 15.3. The lowest BCUT2D eigenvalue weighted by molar-refractivity contribution is -0.126. The van der Waals surface area contributed by atoms with Crippen LogP contribution in [0.3, 0.4) is 0 Å². The van der Waals surface area contributed by atoms with Crippen molar-refractivity contribution in [2.24, 2.45) is 15.0 Å². The predicted molar refractivity (Wildman–Crippen MR) is 157 cm³/mol. The number of hydrogen-bond acceptors (Lipinski definition) is 6. The first-order valence-corrected chi connectivity index (χ1v) is 13.5. The highest BCUT2D eigenvalue weighted by Gasteiger charge is 2.33. The number of ether oxygens (including phenoxy) is 1. The third-order valence-electron chi connectivity index (χ3n) is 6.91. The molecule has 2 aromatic carbocycles. The molecule has 2 aliphatic rings. The molecule has 4 amide bonds. The lowest BCUT2D eigenvalue weighted by Gasteiger charge is -2.37. The van der Waals surface area contributed by atoms with Gasteiger partial charge in [0, 0.05) is 50.7 Å². The Balaban J connectivity index is 1.39. The highest BCUT2D eigenvalue weighted by Crippen LogP contribution is 2.25. The summed E-state index contributed by atoms with van der Waals surface area (Å²) >= 11 is 0. The molecule has 0 aromatic heterocycles. The molecule has 4 rings (SSSR count). The third-order valence-corrected chi connectivity index (χ3v) is 6.91. The van der Waals surface area contributed by atoms with Gasteiger partial charge >= 0.3 is 12.1 Å². The maximum atomic E-state index is 13.1. The standard InChI is InChI=1S/C31H32N6O4/c1-23-7-5-8-24(21-23)22-28(29(38)34-17-16-33-15-6-14-32-2)41-31(40)36-18-12-26(13-19-36)37-20-11-25-9-3-4-10-27(25)35-30(37)39/h3-5,7-10,15,21,26,28H,11-13,18-20,22H2,1-2H3,(H,35,39)/t28-/m1/s1. The Bertz CT molecular complexity index is 1480. The number of para-hydroxylation sites is 1. The molecule has 10 heteroatoms. The number of piperidine rings is 1. The monoisotopic (exact) mass is 552 g/mol. The number of fused-ring (bicyclic) bond motifs is 1. The first-order chi connectivity index (χ1) is 19.9. The molecular weight excluding hydrogens is 520 g/mol. The van der Waals surface area contributed by atoms with E-state index in [0.717, 1.165) is 28.8 Å². The van der Waals surface area contributed by atoms with Crippen molar-refractivity contribution in [2.45, 2.75) is 44.8 Å². The summed E-state index contributed by atoms with van der Waals surface area (Å²) in [5.41, 5.74) is 6.35. The first kappa shape index (κ1) is 29.0. The molecule has 0 saturated carbocycles. The Hall–Kier alpha value is -4.96. The molecule has 2 heterocycles. The van der Waals surface area contributed by atoms with E-state index < -0.39 is 18.1 Å². The van der Waals surface area contributed by atoms with Crippen molar-refractivity contribution in [2.75, 3.05) is 32.0 Å². The molecule has 2 aliphatic heterocycles. The predicted octanol–water partition coefficient (Wildman–Crippen LogP) is 3.99. The highest BCUT2D eigenvalue weighted by atomic mass is 16.6. The van der Waals surface area contributed by atoms with Gasteiger partial charge in [0.05, 0.1) is 17.9 Å². The summed E-state index contributed by atoms with van der Waals surface area (Å²) in [6, 6.07) is 15.3. The lowest BCUT2D eigenvalue weighted by Crippen LogP contribution is -2.50. The van der Waals surface area contributed by atoms with Crippen molar-refractivity contribution < 1.29 is 19.1 Å². The van der Waals surface area contributed by atoms with Gasteiger partial charge in [0.2, 0.25) is 0 Å². The third kappa shape index (κ3) is 8.26. The average molecular weight is 553 g/mol. The molecule has 41 heavy (non-hydrogen) atoms. The van der Waals surface area contributed by atoms with Crippen LogP contribution in [0.2, 0.25) is 0 Å².